The summed E-state index contributed by atoms with van der Waals surface area (Å²) < 4.78 is 5.30. The van der Waals surface area contributed by atoms with Crippen molar-refractivity contribution in [2.24, 2.45) is 0 Å². The minimum Gasteiger partial charge on any atom is -0.497 e. The van der Waals surface area contributed by atoms with Crippen LogP contribution >= 0.6 is 11.3 Å². The topological polar surface area (TPSA) is 54.5 Å². The summed E-state index contributed by atoms with van der Waals surface area (Å²) in [7, 11) is 1.66. The first-order valence-electron chi connectivity index (χ1n) is 10.6. The van der Waals surface area contributed by atoms with Gasteiger partial charge in [0.1, 0.15) is 10.6 Å². The van der Waals surface area contributed by atoms with Crippen LogP contribution in [0.15, 0.2) is 30.3 Å². The molecule has 1 aliphatic heterocycles. The fourth-order valence-electron chi connectivity index (χ4n) is 4.24. The third-order valence-corrected chi connectivity index (χ3v) is 6.90. The largest absolute Gasteiger partial charge is 0.497 e. The summed E-state index contributed by atoms with van der Waals surface area (Å²) in [4.78, 5) is 21.5. The zero-order valence-electron chi connectivity index (χ0n) is 17.2. The summed E-state index contributed by atoms with van der Waals surface area (Å²) in [5.41, 5.74) is 0.916. The molecule has 6 heteroatoms. The lowest BCUT2D eigenvalue weighted by Crippen LogP contribution is -2.40. The summed E-state index contributed by atoms with van der Waals surface area (Å²) >= 11 is 1.46. The SMILES string of the molecule is CC[C@@H]1CCCCN1CCCNC(=O)c1cc2cc3cc(OC)ccc3nc2s1. The normalized spacial score (nSPS) is 17.7. The molecule has 0 aliphatic carbocycles. The monoisotopic (exact) mass is 411 g/mol. The van der Waals surface area contributed by atoms with Crippen molar-refractivity contribution in [1.82, 2.24) is 15.2 Å². The van der Waals surface area contributed by atoms with Gasteiger partial charge in [-0.15, -0.1) is 11.3 Å². The van der Waals surface area contributed by atoms with Crippen molar-refractivity contribution in [2.75, 3.05) is 26.7 Å². The van der Waals surface area contributed by atoms with E-state index in [9.17, 15) is 4.79 Å². The maximum atomic E-state index is 12.6. The maximum absolute atomic E-state index is 12.6. The number of benzene rings is 1. The molecule has 1 aliphatic rings. The molecule has 1 N–H and O–H groups in total. The van der Waals surface area contributed by atoms with E-state index < -0.39 is 0 Å². The van der Waals surface area contributed by atoms with Crippen LogP contribution in [0.5, 0.6) is 5.75 Å². The van der Waals surface area contributed by atoms with Gasteiger partial charge in [0.25, 0.3) is 5.91 Å². The van der Waals surface area contributed by atoms with E-state index in [1.54, 1.807) is 7.11 Å². The Morgan fingerprint density at radius 1 is 1.28 bits per heavy atom. The molecule has 1 fully saturated rings. The number of pyridine rings is 1. The number of piperidine rings is 1. The average Bonchev–Trinajstić information content (AvgIpc) is 3.17. The highest BCUT2D eigenvalue weighted by molar-refractivity contribution is 7.20. The summed E-state index contributed by atoms with van der Waals surface area (Å²) in [6.07, 6.45) is 6.19. The van der Waals surface area contributed by atoms with Crippen molar-refractivity contribution in [1.29, 1.82) is 0 Å². The molecule has 0 spiro atoms. The minimum absolute atomic E-state index is 0.000298. The van der Waals surface area contributed by atoms with Gasteiger partial charge in [-0.3, -0.25) is 4.79 Å². The molecule has 1 amide bonds. The second kappa shape index (κ2) is 9.09. The Bertz CT molecular complexity index is 1000. The molecule has 2 aromatic heterocycles. The molecule has 0 radical (unpaired) electrons. The molecule has 29 heavy (non-hydrogen) atoms. The molecule has 154 valence electrons. The van der Waals surface area contributed by atoms with E-state index in [-0.39, 0.29) is 5.91 Å². The number of likely N-dealkylation sites (tertiary alicyclic amines) is 1. The number of fused-ring (bicyclic) bond motifs is 2. The highest BCUT2D eigenvalue weighted by Crippen LogP contribution is 2.29. The van der Waals surface area contributed by atoms with E-state index in [1.807, 2.05) is 24.3 Å². The molecule has 3 aromatic rings. The summed E-state index contributed by atoms with van der Waals surface area (Å²) in [5, 5.41) is 5.11. The first-order valence-corrected chi connectivity index (χ1v) is 11.4. The molecule has 3 heterocycles. The molecule has 1 aromatic carbocycles. The van der Waals surface area contributed by atoms with Gasteiger partial charge in [-0.1, -0.05) is 13.3 Å². The molecular formula is C23H29N3O2S. The van der Waals surface area contributed by atoms with Crippen molar-refractivity contribution in [2.45, 2.75) is 45.1 Å². The maximum Gasteiger partial charge on any atom is 0.261 e. The number of hydrogen-bond donors (Lipinski definition) is 1. The molecule has 0 saturated carbocycles. The molecule has 1 saturated heterocycles. The van der Waals surface area contributed by atoms with Crippen molar-refractivity contribution >= 4 is 38.4 Å². The van der Waals surface area contributed by atoms with Gasteiger partial charge in [-0.05, 0) is 62.6 Å². The smallest absolute Gasteiger partial charge is 0.261 e. The number of nitrogens with one attached hydrogen (secondary N) is 1. The predicted octanol–water partition coefficient (Wildman–Crippen LogP) is 4.84. The lowest BCUT2D eigenvalue weighted by Gasteiger charge is -2.35. The third-order valence-electron chi connectivity index (χ3n) is 5.86. The van der Waals surface area contributed by atoms with Crippen LogP contribution in [0.4, 0.5) is 0 Å². The van der Waals surface area contributed by atoms with Crippen LogP contribution in [0.2, 0.25) is 0 Å². The third kappa shape index (κ3) is 4.54. The van der Waals surface area contributed by atoms with Gasteiger partial charge in [0.2, 0.25) is 0 Å². The number of ether oxygens (including phenoxy) is 1. The molecular weight excluding hydrogens is 382 g/mol. The lowest BCUT2D eigenvalue weighted by molar-refractivity contribution is 0.0951. The van der Waals surface area contributed by atoms with E-state index in [0.29, 0.717) is 6.54 Å². The van der Waals surface area contributed by atoms with Crippen molar-refractivity contribution < 1.29 is 9.53 Å². The zero-order valence-corrected chi connectivity index (χ0v) is 18.1. The standard InChI is InChI=1S/C23H29N3O2S/c1-3-18-7-4-5-11-26(18)12-6-10-24-22(27)21-15-17-13-16-14-19(28-2)8-9-20(16)25-23(17)29-21/h8-9,13-15,18H,3-7,10-12H2,1-2H3,(H,24,27)/t18-/m1/s1. The van der Waals surface area contributed by atoms with Crippen LogP contribution < -0.4 is 10.1 Å². The van der Waals surface area contributed by atoms with E-state index in [1.165, 1.54) is 43.6 Å². The molecule has 1 atom stereocenters. The number of methoxy groups -OCH3 is 1. The van der Waals surface area contributed by atoms with Gasteiger partial charge in [0.15, 0.2) is 0 Å². The van der Waals surface area contributed by atoms with Crippen LogP contribution in [0.25, 0.3) is 21.1 Å². The van der Waals surface area contributed by atoms with Gasteiger partial charge in [0.05, 0.1) is 17.5 Å². The number of amides is 1. The van der Waals surface area contributed by atoms with Crippen LogP contribution in [-0.2, 0) is 0 Å². The van der Waals surface area contributed by atoms with E-state index in [4.69, 9.17) is 9.72 Å². The second-order valence-corrected chi connectivity index (χ2v) is 8.79. The van der Waals surface area contributed by atoms with Gasteiger partial charge in [-0.2, -0.15) is 0 Å². The number of hydrogen-bond acceptors (Lipinski definition) is 5. The van der Waals surface area contributed by atoms with E-state index in [0.717, 1.165) is 50.8 Å². The average molecular weight is 412 g/mol. The van der Waals surface area contributed by atoms with Gasteiger partial charge >= 0.3 is 0 Å². The minimum atomic E-state index is 0.000298. The summed E-state index contributed by atoms with van der Waals surface area (Å²) in [5.74, 6) is 0.811. The fourth-order valence-corrected chi connectivity index (χ4v) is 5.18. The van der Waals surface area contributed by atoms with Crippen LogP contribution in [-0.4, -0.2) is 48.6 Å². The number of nitrogens with zero attached hydrogens (tertiary/aromatic N) is 2. The Labute approximate surface area is 176 Å². The number of rotatable bonds is 7. The molecule has 5 nitrogen and oxygen atoms in total. The van der Waals surface area contributed by atoms with E-state index in [2.05, 4.69) is 23.2 Å². The fraction of sp³-hybridized carbons (Fsp3) is 0.478. The molecule has 0 unspecified atom stereocenters. The number of carbonyl (C=O) groups is 1. The van der Waals surface area contributed by atoms with Crippen LogP contribution in [0.1, 0.15) is 48.7 Å². The van der Waals surface area contributed by atoms with Crippen molar-refractivity contribution in [3.05, 3.63) is 35.2 Å². The summed E-state index contributed by atoms with van der Waals surface area (Å²) in [6, 6.07) is 10.6. The number of thiophene rings is 1. The highest BCUT2D eigenvalue weighted by atomic mass is 32.1. The Morgan fingerprint density at radius 2 is 2.17 bits per heavy atom. The van der Waals surface area contributed by atoms with Gasteiger partial charge in [-0.25, -0.2) is 4.98 Å². The van der Waals surface area contributed by atoms with Gasteiger partial charge < -0.3 is 15.0 Å². The first kappa shape index (κ1) is 20.1. The van der Waals surface area contributed by atoms with Gasteiger partial charge in [0, 0.05) is 29.9 Å². The first-order chi connectivity index (χ1) is 14.2. The Morgan fingerprint density at radius 3 is 3.00 bits per heavy atom. The zero-order chi connectivity index (χ0) is 20.2. The van der Waals surface area contributed by atoms with Crippen molar-refractivity contribution in [3.8, 4) is 5.75 Å². The Kier molecular flexibility index (Phi) is 6.31. The molecule has 4 rings (SSSR count). The predicted molar refractivity (Wildman–Crippen MR) is 120 cm³/mol. The summed E-state index contributed by atoms with van der Waals surface area (Å²) in [6.45, 7) is 5.26. The lowest BCUT2D eigenvalue weighted by atomic mass is 10.00. The molecule has 0 bridgehead atoms. The van der Waals surface area contributed by atoms with Crippen molar-refractivity contribution in [3.63, 3.8) is 0 Å². The Balaban J connectivity index is 1.37. The Hall–Kier alpha value is -2.18. The quantitative estimate of drug-likeness (QED) is 0.565. The van der Waals surface area contributed by atoms with Crippen LogP contribution in [0, 0.1) is 0 Å². The van der Waals surface area contributed by atoms with E-state index >= 15 is 0 Å². The second-order valence-electron chi connectivity index (χ2n) is 7.76. The number of carbonyl (C=O) groups excluding carboxylic acids is 1. The highest BCUT2D eigenvalue weighted by Gasteiger charge is 2.20. The van der Waals surface area contributed by atoms with Crippen LogP contribution in [0.3, 0.4) is 0 Å². The number of aromatic nitrogens is 1.